The molecule has 0 fully saturated rings. The van der Waals surface area contributed by atoms with Gasteiger partial charge in [-0.1, -0.05) is 6.07 Å². The maximum atomic E-state index is 12.3. The smallest absolute Gasteiger partial charge is 0.247 e. The SMILES string of the molecule is O=C(/C=C/c1ccc2c(c1)OCO2)N1Cc2cncnc2C1. The summed E-state index contributed by atoms with van der Waals surface area (Å²) in [6.45, 7) is 1.33. The highest BCUT2D eigenvalue weighted by Gasteiger charge is 2.22. The van der Waals surface area contributed by atoms with E-state index in [9.17, 15) is 4.79 Å². The quantitative estimate of drug-likeness (QED) is 0.790. The number of nitrogens with zero attached hydrogens (tertiary/aromatic N) is 3. The van der Waals surface area contributed by atoms with E-state index in [0.717, 1.165) is 22.6 Å². The Bertz CT molecular complexity index is 748. The van der Waals surface area contributed by atoms with Gasteiger partial charge < -0.3 is 14.4 Å². The minimum Gasteiger partial charge on any atom is -0.454 e. The number of carbonyl (C=O) groups excluding carboxylic acids is 1. The fourth-order valence-corrected chi connectivity index (χ4v) is 2.55. The number of carbonyl (C=O) groups is 1. The van der Waals surface area contributed by atoms with Crippen LogP contribution in [0.5, 0.6) is 11.5 Å². The largest absolute Gasteiger partial charge is 0.454 e. The van der Waals surface area contributed by atoms with Crippen LogP contribution in [0.3, 0.4) is 0 Å². The van der Waals surface area contributed by atoms with E-state index in [1.165, 1.54) is 6.33 Å². The number of amides is 1. The van der Waals surface area contributed by atoms with Gasteiger partial charge in [-0.3, -0.25) is 4.79 Å². The molecule has 0 saturated carbocycles. The van der Waals surface area contributed by atoms with Crippen molar-refractivity contribution in [2.75, 3.05) is 6.79 Å². The van der Waals surface area contributed by atoms with Crippen molar-refractivity contribution in [3.05, 3.63) is 53.6 Å². The summed E-state index contributed by atoms with van der Waals surface area (Å²) in [4.78, 5) is 22.2. The fourth-order valence-electron chi connectivity index (χ4n) is 2.55. The molecule has 0 saturated heterocycles. The van der Waals surface area contributed by atoms with Crippen molar-refractivity contribution >= 4 is 12.0 Å². The minimum atomic E-state index is -0.0457. The van der Waals surface area contributed by atoms with Crippen LogP contribution in [0.2, 0.25) is 0 Å². The first-order valence-corrected chi connectivity index (χ1v) is 6.94. The van der Waals surface area contributed by atoms with Gasteiger partial charge in [0.2, 0.25) is 12.7 Å². The van der Waals surface area contributed by atoms with Crippen molar-refractivity contribution in [3.63, 3.8) is 0 Å². The fraction of sp³-hybridized carbons (Fsp3) is 0.188. The third kappa shape index (κ3) is 2.28. The van der Waals surface area contributed by atoms with E-state index < -0.39 is 0 Å². The van der Waals surface area contributed by atoms with Crippen LogP contribution in [-0.2, 0) is 17.9 Å². The zero-order valence-corrected chi connectivity index (χ0v) is 11.7. The molecule has 1 aromatic heterocycles. The molecular weight excluding hydrogens is 282 g/mol. The maximum Gasteiger partial charge on any atom is 0.247 e. The summed E-state index contributed by atoms with van der Waals surface area (Å²) in [5.41, 5.74) is 2.82. The predicted octanol–water partition coefficient (Wildman–Crippen LogP) is 1.76. The van der Waals surface area contributed by atoms with E-state index in [-0.39, 0.29) is 12.7 Å². The Morgan fingerprint density at radius 3 is 3.05 bits per heavy atom. The summed E-state index contributed by atoms with van der Waals surface area (Å²) in [6, 6.07) is 5.59. The molecule has 0 radical (unpaired) electrons. The molecule has 2 aliphatic rings. The average Bonchev–Trinajstić information content (AvgIpc) is 3.18. The standard InChI is InChI=1S/C16H13N3O3/c20-16(19-7-12-6-17-9-18-13(12)8-19)4-2-11-1-3-14-15(5-11)22-10-21-14/h1-6,9H,7-8,10H2/b4-2+. The molecule has 0 bridgehead atoms. The second-order valence-electron chi connectivity index (χ2n) is 5.14. The van der Waals surface area contributed by atoms with Crippen LogP contribution in [0, 0.1) is 0 Å². The molecule has 0 spiro atoms. The molecule has 22 heavy (non-hydrogen) atoms. The highest BCUT2D eigenvalue weighted by molar-refractivity contribution is 5.92. The number of aromatic nitrogens is 2. The molecule has 0 unspecified atom stereocenters. The Balaban J connectivity index is 1.46. The Morgan fingerprint density at radius 1 is 1.23 bits per heavy atom. The second kappa shape index (κ2) is 5.14. The summed E-state index contributed by atoms with van der Waals surface area (Å²) >= 11 is 0. The normalized spacial score (nSPS) is 15.4. The molecule has 1 aromatic carbocycles. The predicted molar refractivity (Wildman–Crippen MR) is 77.9 cm³/mol. The van der Waals surface area contributed by atoms with Gasteiger partial charge in [-0.2, -0.15) is 0 Å². The van der Waals surface area contributed by atoms with E-state index in [1.807, 2.05) is 18.2 Å². The van der Waals surface area contributed by atoms with Gasteiger partial charge in [-0.15, -0.1) is 0 Å². The minimum absolute atomic E-state index is 0.0457. The van der Waals surface area contributed by atoms with Crippen LogP contribution in [0.4, 0.5) is 0 Å². The molecule has 4 rings (SSSR count). The Kier molecular flexibility index (Phi) is 3.00. The first kappa shape index (κ1) is 12.8. The zero-order valence-electron chi connectivity index (χ0n) is 11.7. The third-order valence-electron chi connectivity index (χ3n) is 3.71. The van der Waals surface area contributed by atoms with Crippen molar-refractivity contribution in [2.24, 2.45) is 0 Å². The monoisotopic (exact) mass is 295 g/mol. The Hall–Kier alpha value is -2.89. The number of ether oxygens (including phenoxy) is 2. The van der Waals surface area contributed by atoms with Crippen LogP contribution in [-0.4, -0.2) is 27.6 Å². The van der Waals surface area contributed by atoms with Crippen molar-refractivity contribution in [1.29, 1.82) is 0 Å². The van der Waals surface area contributed by atoms with E-state index >= 15 is 0 Å². The van der Waals surface area contributed by atoms with Crippen LogP contribution in [0.15, 0.2) is 36.8 Å². The first-order valence-electron chi connectivity index (χ1n) is 6.94. The number of benzene rings is 1. The van der Waals surface area contributed by atoms with Gasteiger partial charge in [0.15, 0.2) is 11.5 Å². The van der Waals surface area contributed by atoms with Gasteiger partial charge in [0.25, 0.3) is 0 Å². The van der Waals surface area contributed by atoms with Crippen LogP contribution in [0.1, 0.15) is 16.8 Å². The molecule has 110 valence electrons. The van der Waals surface area contributed by atoms with Crippen molar-refractivity contribution in [2.45, 2.75) is 13.1 Å². The summed E-state index contributed by atoms with van der Waals surface area (Å²) in [5.74, 6) is 1.39. The Labute approximate surface area is 127 Å². The third-order valence-corrected chi connectivity index (χ3v) is 3.71. The lowest BCUT2D eigenvalue weighted by Gasteiger charge is -2.11. The first-order chi connectivity index (χ1) is 10.8. The summed E-state index contributed by atoms with van der Waals surface area (Å²) in [5, 5.41) is 0. The molecule has 0 atom stereocenters. The number of hydrogen-bond acceptors (Lipinski definition) is 5. The van der Waals surface area contributed by atoms with Crippen LogP contribution < -0.4 is 9.47 Å². The van der Waals surface area contributed by atoms with Crippen molar-refractivity contribution in [3.8, 4) is 11.5 Å². The van der Waals surface area contributed by atoms with Crippen molar-refractivity contribution in [1.82, 2.24) is 14.9 Å². The van der Waals surface area contributed by atoms with Gasteiger partial charge in [0.1, 0.15) is 6.33 Å². The molecule has 2 aliphatic heterocycles. The summed E-state index contributed by atoms with van der Waals surface area (Å²) < 4.78 is 10.6. The molecule has 6 nitrogen and oxygen atoms in total. The maximum absolute atomic E-state index is 12.3. The highest BCUT2D eigenvalue weighted by Crippen LogP contribution is 2.32. The van der Waals surface area contributed by atoms with E-state index in [0.29, 0.717) is 18.8 Å². The van der Waals surface area contributed by atoms with Gasteiger partial charge in [-0.25, -0.2) is 9.97 Å². The summed E-state index contributed by atoms with van der Waals surface area (Å²) in [6.07, 6.45) is 6.61. The second-order valence-corrected chi connectivity index (χ2v) is 5.14. The molecule has 0 N–H and O–H groups in total. The van der Waals surface area contributed by atoms with Crippen molar-refractivity contribution < 1.29 is 14.3 Å². The zero-order chi connectivity index (χ0) is 14.9. The topological polar surface area (TPSA) is 64.6 Å². The summed E-state index contributed by atoms with van der Waals surface area (Å²) in [7, 11) is 0. The van der Waals surface area contributed by atoms with Crippen LogP contribution in [0.25, 0.3) is 6.08 Å². The van der Waals surface area contributed by atoms with Gasteiger partial charge in [0.05, 0.1) is 12.2 Å². The lowest BCUT2D eigenvalue weighted by atomic mass is 10.2. The van der Waals surface area contributed by atoms with E-state index in [2.05, 4.69) is 9.97 Å². The van der Waals surface area contributed by atoms with Gasteiger partial charge >= 0.3 is 0 Å². The Morgan fingerprint density at radius 2 is 2.14 bits per heavy atom. The van der Waals surface area contributed by atoms with Gasteiger partial charge in [0, 0.05) is 24.4 Å². The van der Waals surface area contributed by atoms with E-state index in [4.69, 9.17) is 9.47 Å². The molecule has 3 heterocycles. The molecule has 6 heteroatoms. The van der Waals surface area contributed by atoms with Gasteiger partial charge in [-0.05, 0) is 23.8 Å². The van der Waals surface area contributed by atoms with Crippen LogP contribution >= 0.6 is 0 Å². The lowest BCUT2D eigenvalue weighted by Crippen LogP contribution is -2.23. The number of hydrogen-bond donors (Lipinski definition) is 0. The molecule has 0 aliphatic carbocycles. The molecule has 1 amide bonds. The highest BCUT2D eigenvalue weighted by atomic mass is 16.7. The molecule has 2 aromatic rings. The molecular formula is C16H13N3O3. The average molecular weight is 295 g/mol. The van der Waals surface area contributed by atoms with E-state index in [1.54, 1.807) is 23.2 Å². The lowest BCUT2D eigenvalue weighted by molar-refractivity contribution is -0.126. The number of fused-ring (bicyclic) bond motifs is 2. The number of rotatable bonds is 2.